The molecule has 0 saturated carbocycles. The highest BCUT2D eigenvalue weighted by Crippen LogP contribution is 2.30. The van der Waals surface area contributed by atoms with Crippen molar-refractivity contribution in [1.82, 2.24) is 16.0 Å². The number of alkyl carbamates (subject to hydrolysis) is 1. The minimum Gasteiger partial charge on any atom is -0.444 e. The van der Waals surface area contributed by atoms with Crippen molar-refractivity contribution in [2.75, 3.05) is 13.1 Å². The van der Waals surface area contributed by atoms with Crippen LogP contribution in [0.2, 0.25) is 0 Å². The van der Waals surface area contributed by atoms with Gasteiger partial charge in [0.25, 0.3) is 5.91 Å². The van der Waals surface area contributed by atoms with Gasteiger partial charge in [0.1, 0.15) is 11.2 Å². The second kappa shape index (κ2) is 14.8. The molecule has 2 aromatic rings. The van der Waals surface area contributed by atoms with Crippen LogP contribution in [0.15, 0.2) is 60.7 Å². The first-order chi connectivity index (χ1) is 19.0. The average Bonchev–Trinajstić information content (AvgIpc) is 2.87. The largest absolute Gasteiger partial charge is 0.444 e. The van der Waals surface area contributed by atoms with E-state index in [1.54, 1.807) is 41.5 Å². The van der Waals surface area contributed by atoms with Gasteiger partial charge in [-0.2, -0.15) is 0 Å². The lowest BCUT2D eigenvalue weighted by atomic mass is 9.77. The first kappa shape index (κ1) is 34.2. The Balaban J connectivity index is 2.09. The average molecular weight is 572 g/mol. The Morgan fingerprint density at radius 2 is 1.15 bits per heavy atom. The van der Waals surface area contributed by atoms with Crippen LogP contribution < -0.4 is 16.0 Å². The summed E-state index contributed by atoms with van der Waals surface area (Å²) in [7, 11) is 0. The summed E-state index contributed by atoms with van der Waals surface area (Å²) in [5.41, 5.74) is -1.23. The Kier molecular flexibility index (Phi) is 12.3. The number of aliphatic hydroxyl groups excluding tert-OH is 2. The van der Waals surface area contributed by atoms with E-state index < -0.39 is 52.9 Å². The van der Waals surface area contributed by atoms with Gasteiger partial charge in [-0.1, -0.05) is 81.4 Å². The molecule has 6 N–H and O–H groups in total. The number of carbonyl (C=O) groups excluding carboxylic acids is 2. The van der Waals surface area contributed by atoms with Crippen LogP contribution >= 0.6 is 0 Å². The van der Waals surface area contributed by atoms with Crippen LogP contribution in [-0.2, 0) is 22.4 Å². The summed E-state index contributed by atoms with van der Waals surface area (Å²) in [4.78, 5) is 25.6. The van der Waals surface area contributed by atoms with Gasteiger partial charge < -0.3 is 36.0 Å². The SMILES string of the molecule is CC(C)(C)OC(=O)N[C@@H](Cc1ccccc1)C(O)CNCC(O)C(Cc1ccccc1)NC(=O)C(C)(O)C(C)(C)C. The molecule has 41 heavy (non-hydrogen) atoms. The molecule has 0 aromatic heterocycles. The van der Waals surface area contributed by atoms with E-state index in [0.717, 1.165) is 11.1 Å². The maximum Gasteiger partial charge on any atom is 0.407 e. The Hall–Kier alpha value is -2.98. The summed E-state index contributed by atoms with van der Waals surface area (Å²) in [6.07, 6.45) is -1.95. The fourth-order valence-electron chi connectivity index (χ4n) is 4.07. The van der Waals surface area contributed by atoms with Crippen molar-refractivity contribution >= 4 is 12.0 Å². The Morgan fingerprint density at radius 1 is 0.732 bits per heavy atom. The van der Waals surface area contributed by atoms with Gasteiger partial charge >= 0.3 is 6.09 Å². The van der Waals surface area contributed by atoms with E-state index in [0.29, 0.717) is 12.8 Å². The monoisotopic (exact) mass is 571 g/mol. The van der Waals surface area contributed by atoms with Gasteiger partial charge in [-0.05, 0) is 57.1 Å². The number of nitrogens with one attached hydrogen (secondary N) is 3. The molecule has 0 aliphatic rings. The van der Waals surface area contributed by atoms with E-state index in [4.69, 9.17) is 4.74 Å². The molecule has 2 aromatic carbocycles. The van der Waals surface area contributed by atoms with E-state index in [-0.39, 0.29) is 13.1 Å². The molecular weight excluding hydrogens is 522 g/mol. The van der Waals surface area contributed by atoms with Crippen LogP contribution in [-0.4, -0.2) is 75.9 Å². The molecule has 2 rings (SSSR count). The van der Waals surface area contributed by atoms with Crippen LogP contribution in [0.1, 0.15) is 59.6 Å². The second-order valence-electron chi connectivity index (χ2n) is 12.8. The van der Waals surface area contributed by atoms with Crippen molar-refractivity contribution in [3.63, 3.8) is 0 Å². The summed E-state index contributed by atoms with van der Waals surface area (Å²) in [6.45, 7) is 12.2. The Morgan fingerprint density at radius 3 is 1.54 bits per heavy atom. The van der Waals surface area contributed by atoms with Gasteiger partial charge in [0, 0.05) is 13.1 Å². The van der Waals surface area contributed by atoms with Gasteiger partial charge in [0.05, 0.1) is 24.3 Å². The van der Waals surface area contributed by atoms with Crippen molar-refractivity contribution in [3.05, 3.63) is 71.8 Å². The molecule has 0 radical (unpaired) electrons. The molecule has 0 fully saturated rings. The second-order valence-corrected chi connectivity index (χ2v) is 12.8. The van der Waals surface area contributed by atoms with Crippen LogP contribution in [0, 0.1) is 5.41 Å². The number of benzene rings is 2. The molecule has 9 heteroatoms. The number of aliphatic hydroxyl groups is 3. The first-order valence-electron chi connectivity index (χ1n) is 14.2. The topological polar surface area (TPSA) is 140 Å². The lowest BCUT2D eigenvalue weighted by Crippen LogP contribution is -2.59. The summed E-state index contributed by atoms with van der Waals surface area (Å²) in [5.74, 6) is -0.575. The van der Waals surface area contributed by atoms with Gasteiger partial charge in [0.2, 0.25) is 0 Å². The summed E-state index contributed by atoms with van der Waals surface area (Å²) >= 11 is 0. The van der Waals surface area contributed by atoms with Crippen molar-refractivity contribution in [2.45, 2.75) is 96.8 Å². The molecule has 0 bridgehead atoms. The molecule has 4 unspecified atom stereocenters. The number of rotatable bonds is 13. The predicted octanol–water partition coefficient (Wildman–Crippen LogP) is 2.96. The van der Waals surface area contributed by atoms with Crippen LogP contribution in [0.25, 0.3) is 0 Å². The fraction of sp³-hybridized carbons (Fsp3) is 0.562. The minimum absolute atomic E-state index is 0.0526. The maximum absolute atomic E-state index is 13.1. The highest BCUT2D eigenvalue weighted by atomic mass is 16.6. The molecule has 0 aliphatic carbocycles. The molecule has 9 nitrogen and oxygen atoms in total. The lowest BCUT2D eigenvalue weighted by molar-refractivity contribution is -0.150. The quantitative estimate of drug-likeness (QED) is 0.217. The van der Waals surface area contributed by atoms with Crippen LogP contribution in [0.5, 0.6) is 0 Å². The van der Waals surface area contributed by atoms with Crippen LogP contribution in [0.4, 0.5) is 4.79 Å². The predicted molar refractivity (Wildman–Crippen MR) is 160 cm³/mol. The van der Waals surface area contributed by atoms with Crippen molar-refractivity contribution < 1.29 is 29.6 Å². The summed E-state index contributed by atoms with van der Waals surface area (Å²) < 4.78 is 5.39. The van der Waals surface area contributed by atoms with E-state index in [2.05, 4.69) is 16.0 Å². The molecular formula is C32H49N3O6. The minimum atomic E-state index is -1.66. The maximum atomic E-state index is 13.1. The fourth-order valence-corrected chi connectivity index (χ4v) is 4.07. The zero-order valence-electron chi connectivity index (χ0n) is 25.5. The highest BCUT2D eigenvalue weighted by Gasteiger charge is 2.43. The number of amides is 2. The van der Waals surface area contributed by atoms with Crippen molar-refractivity contribution in [3.8, 4) is 0 Å². The number of hydrogen-bond donors (Lipinski definition) is 6. The lowest BCUT2D eigenvalue weighted by Gasteiger charge is -2.37. The van der Waals surface area contributed by atoms with E-state index >= 15 is 0 Å². The normalized spacial score (nSPS) is 16.5. The molecule has 5 atom stereocenters. The molecule has 228 valence electrons. The standard InChI is InChI=1S/C32H49N3O6/c1-30(2,3)32(7,40)28(38)34-24(18-22-14-10-8-11-15-22)26(36)20-33-21-27(37)25(19-23-16-12-9-13-17-23)35-29(39)41-31(4,5)6/h8-17,24-27,33,36-37,40H,18-21H2,1-7H3,(H,34,38)(H,35,39)/t24?,25-,26?,27?,32?/m0/s1. The highest BCUT2D eigenvalue weighted by molar-refractivity contribution is 5.85. The van der Waals surface area contributed by atoms with E-state index in [1.807, 2.05) is 60.7 Å². The third kappa shape index (κ3) is 11.4. The zero-order chi connectivity index (χ0) is 30.8. The summed E-state index contributed by atoms with van der Waals surface area (Å²) in [6, 6.07) is 17.6. The molecule has 2 amide bonds. The van der Waals surface area contributed by atoms with E-state index in [1.165, 1.54) is 6.92 Å². The molecule has 0 aliphatic heterocycles. The van der Waals surface area contributed by atoms with Crippen molar-refractivity contribution in [1.29, 1.82) is 0 Å². The smallest absolute Gasteiger partial charge is 0.407 e. The Bertz CT molecular complexity index is 1080. The Labute approximate surface area is 244 Å². The van der Waals surface area contributed by atoms with Crippen LogP contribution in [0.3, 0.4) is 0 Å². The van der Waals surface area contributed by atoms with Gasteiger partial charge in [-0.15, -0.1) is 0 Å². The molecule has 0 saturated heterocycles. The third-order valence-electron chi connectivity index (χ3n) is 7.15. The molecule has 0 spiro atoms. The molecule has 0 heterocycles. The first-order valence-corrected chi connectivity index (χ1v) is 14.2. The summed E-state index contributed by atoms with van der Waals surface area (Å²) in [5, 5.41) is 41.7. The third-order valence-corrected chi connectivity index (χ3v) is 7.15. The van der Waals surface area contributed by atoms with Gasteiger partial charge in [-0.25, -0.2) is 4.79 Å². The number of carbonyl (C=O) groups is 2. The number of ether oxygens (including phenoxy) is 1. The van der Waals surface area contributed by atoms with Gasteiger partial charge in [-0.3, -0.25) is 4.79 Å². The number of hydrogen-bond acceptors (Lipinski definition) is 7. The van der Waals surface area contributed by atoms with Gasteiger partial charge in [0.15, 0.2) is 0 Å². The zero-order valence-corrected chi connectivity index (χ0v) is 25.5. The van der Waals surface area contributed by atoms with E-state index in [9.17, 15) is 24.9 Å². The van der Waals surface area contributed by atoms with Crippen molar-refractivity contribution in [2.24, 2.45) is 5.41 Å².